The highest BCUT2D eigenvalue weighted by Crippen LogP contribution is 2.28. The van der Waals surface area contributed by atoms with E-state index < -0.39 is 17.8 Å². The van der Waals surface area contributed by atoms with Crippen molar-refractivity contribution in [2.45, 2.75) is 19.2 Å². The molecule has 3 heterocycles. The van der Waals surface area contributed by atoms with Crippen LogP contribution >= 0.6 is 0 Å². The van der Waals surface area contributed by atoms with Crippen LogP contribution in [0.2, 0.25) is 0 Å². The van der Waals surface area contributed by atoms with Gasteiger partial charge in [0, 0.05) is 30.8 Å². The molecular formula is C14H13F3N4O2. The molecule has 0 fully saturated rings. The fourth-order valence-electron chi connectivity index (χ4n) is 2.32. The molecule has 9 heteroatoms. The highest BCUT2D eigenvalue weighted by Gasteiger charge is 2.35. The molecule has 0 spiro atoms. The Morgan fingerprint density at radius 2 is 2.17 bits per heavy atom. The summed E-state index contributed by atoms with van der Waals surface area (Å²) in [4.78, 5) is 16.4. The van der Waals surface area contributed by atoms with Crippen molar-refractivity contribution in [3.8, 4) is 0 Å². The van der Waals surface area contributed by atoms with Gasteiger partial charge in [0.1, 0.15) is 5.69 Å². The molecule has 2 aromatic rings. The predicted octanol–water partition coefficient (Wildman–Crippen LogP) is 2.16. The Bertz CT molecular complexity index is 755. The van der Waals surface area contributed by atoms with Gasteiger partial charge in [-0.25, -0.2) is 0 Å². The number of hydrogen-bond acceptors (Lipinski definition) is 4. The molecule has 1 amide bonds. The van der Waals surface area contributed by atoms with Gasteiger partial charge in [0.2, 0.25) is 0 Å². The van der Waals surface area contributed by atoms with E-state index in [4.69, 9.17) is 4.74 Å². The number of nitrogens with one attached hydrogen (secondary N) is 1. The second-order valence-corrected chi connectivity index (χ2v) is 5.12. The Morgan fingerprint density at radius 3 is 2.87 bits per heavy atom. The molecule has 0 unspecified atom stereocenters. The molecule has 6 nitrogen and oxygen atoms in total. The van der Waals surface area contributed by atoms with Crippen LogP contribution in [-0.2, 0) is 31.0 Å². The first-order valence-electron chi connectivity index (χ1n) is 6.83. The number of nitrogens with zero attached hydrogens (tertiary/aromatic N) is 3. The number of fused-ring (bicyclic) bond motifs is 1. The van der Waals surface area contributed by atoms with Crippen molar-refractivity contribution >= 4 is 11.6 Å². The number of pyridine rings is 1. The number of ether oxygens (including phenoxy) is 1. The zero-order valence-electron chi connectivity index (χ0n) is 12.1. The summed E-state index contributed by atoms with van der Waals surface area (Å²) in [6, 6.07) is 2.42. The maximum absolute atomic E-state index is 12.6. The fraction of sp³-hybridized carbons (Fsp3) is 0.357. The third kappa shape index (κ3) is 3.19. The number of carbonyl (C=O) groups is 1. The molecule has 0 aromatic carbocycles. The summed E-state index contributed by atoms with van der Waals surface area (Å²) in [6.07, 6.45) is -2.43. The number of anilines is 1. The minimum absolute atomic E-state index is 0.189. The van der Waals surface area contributed by atoms with Crippen molar-refractivity contribution in [1.29, 1.82) is 0 Å². The molecule has 1 aliphatic rings. The Balaban J connectivity index is 1.81. The molecule has 3 rings (SSSR count). The van der Waals surface area contributed by atoms with E-state index in [0.717, 1.165) is 15.9 Å². The van der Waals surface area contributed by atoms with Crippen LogP contribution in [0.15, 0.2) is 18.3 Å². The monoisotopic (exact) mass is 326 g/mol. The molecular weight excluding hydrogens is 313 g/mol. The maximum atomic E-state index is 12.6. The Morgan fingerprint density at radius 1 is 1.39 bits per heavy atom. The minimum Gasteiger partial charge on any atom is -0.376 e. The molecule has 0 saturated carbocycles. The van der Waals surface area contributed by atoms with Gasteiger partial charge in [-0.3, -0.25) is 14.5 Å². The topological polar surface area (TPSA) is 69.0 Å². The van der Waals surface area contributed by atoms with E-state index in [1.165, 1.54) is 13.2 Å². The number of alkyl halides is 3. The van der Waals surface area contributed by atoms with Gasteiger partial charge >= 0.3 is 6.18 Å². The molecule has 0 aliphatic carbocycles. The number of aromatic nitrogens is 3. The number of hydrogen-bond donors (Lipinski definition) is 1. The van der Waals surface area contributed by atoms with Crippen molar-refractivity contribution in [3.63, 3.8) is 0 Å². The van der Waals surface area contributed by atoms with Gasteiger partial charge in [0.15, 0.2) is 5.69 Å². The van der Waals surface area contributed by atoms with E-state index in [9.17, 15) is 18.0 Å². The lowest BCUT2D eigenvalue weighted by atomic mass is 10.1. The lowest BCUT2D eigenvalue weighted by molar-refractivity contribution is -0.141. The normalized spacial score (nSPS) is 14.4. The van der Waals surface area contributed by atoms with E-state index in [2.05, 4.69) is 15.4 Å². The van der Waals surface area contributed by atoms with Gasteiger partial charge in [-0.15, -0.1) is 0 Å². The average Bonchev–Trinajstić information content (AvgIpc) is 2.89. The summed E-state index contributed by atoms with van der Waals surface area (Å²) < 4.78 is 44.1. The Kier molecular flexibility index (Phi) is 3.80. The van der Waals surface area contributed by atoms with E-state index in [1.807, 2.05) is 0 Å². The van der Waals surface area contributed by atoms with Crippen LogP contribution in [0.25, 0.3) is 0 Å². The first kappa shape index (κ1) is 15.5. The first-order valence-corrected chi connectivity index (χ1v) is 6.83. The van der Waals surface area contributed by atoms with E-state index >= 15 is 0 Å². The van der Waals surface area contributed by atoms with E-state index in [1.54, 1.807) is 6.07 Å². The lowest BCUT2D eigenvalue weighted by Gasteiger charge is -2.16. The van der Waals surface area contributed by atoms with Gasteiger partial charge in [-0.1, -0.05) is 0 Å². The van der Waals surface area contributed by atoms with Crippen LogP contribution in [0.3, 0.4) is 0 Å². The lowest BCUT2D eigenvalue weighted by Crippen LogP contribution is -2.17. The highest BCUT2D eigenvalue weighted by molar-refractivity contribution is 6.03. The fourth-order valence-corrected chi connectivity index (χ4v) is 2.32. The van der Waals surface area contributed by atoms with Gasteiger partial charge in [-0.05, 0) is 6.07 Å². The van der Waals surface area contributed by atoms with E-state index in [-0.39, 0.29) is 5.69 Å². The molecule has 0 atom stereocenters. The van der Waals surface area contributed by atoms with Crippen LogP contribution in [-0.4, -0.2) is 27.3 Å². The van der Waals surface area contributed by atoms with Gasteiger partial charge in [0.25, 0.3) is 5.91 Å². The largest absolute Gasteiger partial charge is 0.435 e. The number of halogens is 3. The summed E-state index contributed by atoms with van der Waals surface area (Å²) in [5.41, 5.74) is 0.853. The zero-order valence-corrected chi connectivity index (χ0v) is 12.1. The zero-order chi connectivity index (χ0) is 16.6. The standard InChI is InChI=1S/C14H13F3N4O2/c1-21-11(5-12(20-21)14(15,16)17)13(22)19-9-4-8-7-23-3-2-10(8)18-6-9/h4-6H,2-3,7H2,1H3,(H,19,22). The molecule has 2 aromatic heterocycles. The second-order valence-electron chi connectivity index (χ2n) is 5.12. The SMILES string of the molecule is Cn1nc(C(F)(F)F)cc1C(=O)Nc1cnc2c(c1)COCC2. The average molecular weight is 326 g/mol. The van der Waals surface area contributed by atoms with Crippen LogP contribution < -0.4 is 5.32 Å². The van der Waals surface area contributed by atoms with Crippen molar-refractivity contribution in [2.24, 2.45) is 7.05 Å². The summed E-state index contributed by atoms with van der Waals surface area (Å²) in [5.74, 6) is -0.686. The maximum Gasteiger partial charge on any atom is 0.435 e. The molecule has 1 N–H and O–H groups in total. The van der Waals surface area contributed by atoms with Crippen molar-refractivity contribution in [1.82, 2.24) is 14.8 Å². The van der Waals surface area contributed by atoms with Crippen molar-refractivity contribution in [2.75, 3.05) is 11.9 Å². The van der Waals surface area contributed by atoms with Crippen LogP contribution in [0, 0.1) is 0 Å². The quantitative estimate of drug-likeness (QED) is 0.918. The predicted molar refractivity (Wildman–Crippen MR) is 73.8 cm³/mol. The summed E-state index contributed by atoms with van der Waals surface area (Å²) in [7, 11) is 1.28. The van der Waals surface area contributed by atoms with Crippen LogP contribution in [0.1, 0.15) is 27.4 Å². The third-order valence-electron chi connectivity index (χ3n) is 3.46. The number of rotatable bonds is 2. The van der Waals surface area contributed by atoms with Gasteiger partial charge in [0.05, 0.1) is 25.1 Å². The molecule has 122 valence electrons. The Labute approximate surface area is 129 Å². The van der Waals surface area contributed by atoms with Gasteiger partial charge < -0.3 is 10.1 Å². The highest BCUT2D eigenvalue weighted by atomic mass is 19.4. The van der Waals surface area contributed by atoms with Crippen molar-refractivity contribution in [3.05, 3.63) is 41.0 Å². The number of aryl methyl sites for hydroxylation is 1. The number of carbonyl (C=O) groups excluding carboxylic acids is 1. The van der Waals surface area contributed by atoms with Crippen LogP contribution in [0.4, 0.5) is 18.9 Å². The summed E-state index contributed by atoms with van der Waals surface area (Å²) in [5, 5.41) is 5.84. The molecule has 0 bridgehead atoms. The molecule has 0 saturated heterocycles. The van der Waals surface area contributed by atoms with Crippen LogP contribution in [0.5, 0.6) is 0 Å². The molecule has 1 aliphatic heterocycles. The smallest absolute Gasteiger partial charge is 0.376 e. The molecule has 0 radical (unpaired) electrons. The first-order chi connectivity index (χ1) is 10.8. The van der Waals surface area contributed by atoms with Crippen molar-refractivity contribution < 1.29 is 22.7 Å². The number of amides is 1. The summed E-state index contributed by atoms with van der Waals surface area (Å²) >= 11 is 0. The minimum atomic E-state index is -4.60. The third-order valence-corrected chi connectivity index (χ3v) is 3.46. The summed E-state index contributed by atoms with van der Waals surface area (Å²) in [6.45, 7) is 0.997. The van der Waals surface area contributed by atoms with E-state index in [0.29, 0.717) is 31.4 Å². The Hall–Kier alpha value is -2.42. The molecule has 23 heavy (non-hydrogen) atoms. The van der Waals surface area contributed by atoms with Gasteiger partial charge in [-0.2, -0.15) is 18.3 Å². The second kappa shape index (κ2) is 5.65.